The standard InChI is InChI=1S/C18H15NS/c1-12-13-6-2-4-8-15(13)19-16-10-11-20-17-9-5-3-7-14(17)18(12)16/h2-9H,10-11H2,1H3. The van der Waals surface area contributed by atoms with Gasteiger partial charge in [0.15, 0.2) is 0 Å². The summed E-state index contributed by atoms with van der Waals surface area (Å²) < 4.78 is 0. The third-order valence-corrected chi connectivity index (χ3v) is 5.06. The van der Waals surface area contributed by atoms with Gasteiger partial charge in [-0.1, -0.05) is 36.4 Å². The van der Waals surface area contributed by atoms with Gasteiger partial charge in [-0.15, -0.1) is 11.8 Å². The third-order valence-electron chi connectivity index (χ3n) is 3.98. The van der Waals surface area contributed by atoms with E-state index < -0.39 is 0 Å². The van der Waals surface area contributed by atoms with E-state index in [-0.39, 0.29) is 0 Å². The molecule has 20 heavy (non-hydrogen) atoms. The molecule has 0 saturated heterocycles. The van der Waals surface area contributed by atoms with Crippen molar-refractivity contribution >= 4 is 22.7 Å². The Morgan fingerprint density at radius 2 is 1.80 bits per heavy atom. The summed E-state index contributed by atoms with van der Waals surface area (Å²) in [5, 5.41) is 1.27. The molecular formula is C18H15NS. The molecule has 0 aliphatic carbocycles. The summed E-state index contributed by atoms with van der Waals surface area (Å²) >= 11 is 1.94. The molecule has 0 bridgehead atoms. The maximum Gasteiger partial charge on any atom is 0.0708 e. The number of benzene rings is 2. The van der Waals surface area contributed by atoms with E-state index in [2.05, 4.69) is 55.5 Å². The lowest BCUT2D eigenvalue weighted by Crippen LogP contribution is -1.98. The predicted octanol–water partition coefficient (Wildman–Crippen LogP) is 4.86. The molecular weight excluding hydrogens is 262 g/mol. The summed E-state index contributed by atoms with van der Waals surface area (Å²) in [6, 6.07) is 17.2. The van der Waals surface area contributed by atoms with Crippen LogP contribution >= 0.6 is 11.8 Å². The lowest BCUT2D eigenvalue weighted by molar-refractivity contribution is 1.07. The number of aryl methyl sites for hydroxylation is 2. The van der Waals surface area contributed by atoms with Gasteiger partial charge in [0.05, 0.1) is 11.2 Å². The highest BCUT2D eigenvalue weighted by Crippen LogP contribution is 2.40. The quantitative estimate of drug-likeness (QED) is 0.582. The van der Waals surface area contributed by atoms with E-state index in [1.165, 1.54) is 32.7 Å². The van der Waals surface area contributed by atoms with Crippen LogP contribution in [-0.2, 0) is 6.42 Å². The van der Waals surface area contributed by atoms with Crippen LogP contribution in [0, 0.1) is 6.92 Å². The minimum atomic E-state index is 1.04. The van der Waals surface area contributed by atoms with E-state index >= 15 is 0 Å². The smallest absolute Gasteiger partial charge is 0.0708 e. The van der Waals surface area contributed by atoms with Gasteiger partial charge in [0.2, 0.25) is 0 Å². The number of hydrogen-bond acceptors (Lipinski definition) is 2. The maximum atomic E-state index is 4.92. The first-order valence-electron chi connectivity index (χ1n) is 6.95. The monoisotopic (exact) mass is 277 g/mol. The van der Waals surface area contributed by atoms with Gasteiger partial charge in [0.25, 0.3) is 0 Å². The fourth-order valence-electron chi connectivity index (χ4n) is 3.04. The van der Waals surface area contributed by atoms with Crippen molar-refractivity contribution in [3.8, 4) is 11.1 Å². The molecule has 1 aliphatic rings. The summed E-state index contributed by atoms with van der Waals surface area (Å²) in [5.74, 6) is 1.11. The SMILES string of the molecule is Cc1c2c(nc3ccccc13)CCSc1ccccc1-2. The average molecular weight is 277 g/mol. The van der Waals surface area contributed by atoms with Crippen molar-refractivity contribution in [2.24, 2.45) is 0 Å². The molecule has 1 aliphatic heterocycles. The fraction of sp³-hybridized carbons (Fsp3) is 0.167. The van der Waals surface area contributed by atoms with Gasteiger partial charge in [-0.05, 0) is 36.6 Å². The number of nitrogens with zero attached hydrogens (tertiary/aromatic N) is 1. The first kappa shape index (κ1) is 12.0. The van der Waals surface area contributed by atoms with Crippen LogP contribution in [-0.4, -0.2) is 10.7 Å². The second kappa shape index (κ2) is 4.64. The Balaban J connectivity index is 2.12. The summed E-state index contributed by atoms with van der Waals surface area (Å²) in [4.78, 5) is 6.30. The van der Waals surface area contributed by atoms with Crippen LogP contribution in [0.15, 0.2) is 53.4 Å². The zero-order valence-corrected chi connectivity index (χ0v) is 12.2. The molecule has 98 valence electrons. The Kier molecular flexibility index (Phi) is 2.78. The number of thioether (sulfide) groups is 1. The molecule has 3 aromatic rings. The second-order valence-electron chi connectivity index (χ2n) is 5.17. The molecule has 0 fully saturated rings. The van der Waals surface area contributed by atoms with E-state index in [9.17, 15) is 0 Å². The molecule has 2 aromatic carbocycles. The normalized spacial score (nSPS) is 13.7. The van der Waals surface area contributed by atoms with E-state index in [4.69, 9.17) is 4.98 Å². The summed E-state index contributed by atoms with van der Waals surface area (Å²) in [6.07, 6.45) is 1.04. The highest BCUT2D eigenvalue weighted by atomic mass is 32.2. The van der Waals surface area contributed by atoms with Gasteiger partial charge in [-0.3, -0.25) is 4.98 Å². The van der Waals surface area contributed by atoms with Crippen LogP contribution in [0.4, 0.5) is 0 Å². The Hall–Kier alpha value is -1.80. The molecule has 1 nitrogen and oxygen atoms in total. The Morgan fingerprint density at radius 1 is 1.00 bits per heavy atom. The molecule has 2 heteroatoms. The fourth-order valence-corrected chi connectivity index (χ4v) is 4.05. The molecule has 2 heterocycles. The highest BCUT2D eigenvalue weighted by molar-refractivity contribution is 7.99. The maximum absolute atomic E-state index is 4.92. The molecule has 0 amide bonds. The molecule has 0 unspecified atom stereocenters. The first-order chi connectivity index (χ1) is 9.84. The largest absolute Gasteiger partial charge is 0.252 e. The van der Waals surface area contributed by atoms with Crippen molar-refractivity contribution in [2.75, 3.05) is 5.75 Å². The molecule has 0 spiro atoms. The van der Waals surface area contributed by atoms with E-state index in [0.29, 0.717) is 0 Å². The van der Waals surface area contributed by atoms with Crippen LogP contribution in [0.3, 0.4) is 0 Å². The highest BCUT2D eigenvalue weighted by Gasteiger charge is 2.19. The van der Waals surface area contributed by atoms with Crippen molar-refractivity contribution in [2.45, 2.75) is 18.2 Å². The van der Waals surface area contributed by atoms with Crippen molar-refractivity contribution < 1.29 is 0 Å². The average Bonchev–Trinajstić information content (AvgIpc) is 2.67. The second-order valence-corrected chi connectivity index (χ2v) is 6.31. The summed E-state index contributed by atoms with van der Waals surface area (Å²) in [6.45, 7) is 2.23. The van der Waals surface area contributed by atoms with E-state index in [1.54, 1.807) is 0 Å². The van der Waals surface area contributed by atoms with Gasteiger partial charge in [-0.2, -0.15) is 0 Å². The Bertz CT molecular complexity index is 808. The molecule has 4 rings (SSSR count). The van der Waals surface area contributed by atoms with Gasteiger partial charge in [0, 0.05) is 21.6 Å². The molecule has 0 N–H and O–H groups in total. The van der Waals surface area contributed by atoms with Crippen LogP contribution in [0.2, 0.25) is 0 Å². The number of pyridine rings is 1. The van der Waals surface area contributed by atoms with Gasteiger partial charge >= 0.3 is 0 Å². The van der Waals surface area contributed by atoms with Crippen LogP contribution < -0.4 is 0 Å². The minimum Gasteiger partial charge on any atom is -0.252 e. The Labute approximate surface area is 123 Å². The number of para-hydroxylation sites is 1. The van der Waals surface area contributed by atoms with Crippen molar-refractivity contribution in [1.82, 2.24) is 4.98 Å². The summed E-state index contributed by atoms with van der Waals surface area (Å²) in [7, 11) is 0. The van der Waals surface area contributed by atoms with E-state index in [0.717, 1.165) is 17.7 Å². The topological polar surface area (TPSA) is 12.9 Å². The first-order valence-corrected chi connectivity index (χ1v) is 7.93. The summed E-state index contributed by atoms with van der Waals surface area (Å²) in [5.41, 5.74) is 6.43. The number of fused-ring (bicyclic) bond motifs is 4. The lowest BCUT2D eigenvalue weighted by atomic mass is 9.94. The third kappa shape index (κ3) is 1.75. The zero-order chi connectivity index (χ0) is 13.5. The van der Waals surface area contributed by atoms with Crippen LogP contribution in [0.1, 0.15) is 11.3 Å². The number of rotatable bonds is 0. The van der Waals surface area contributed by atoms with Gasteiger partial charge in [-0.25, -0.2) is 0 Å². The number of hydrogen-bond donors (Lipinski definition) is 0. The molecule has 1 aromatic heterocycles. The van der Waals surface area contributed by atoms with Crippen LogP contribution in [0.25, 0.3) is 22.0 Å². The molecule has 0 atom stereocenters. The van der Waals surface area contributed by atoms with E-state index in [1.807, 2.05) is 11.8 Å². The Morgan fingerprint density at radius 3 is 2.75 bits per heavy atom. The van der Waals surface area contributed by atoms with Crippen molar-refractivity contribution in [3.63, 3.8) is 0 Å². The number of aromatic nitrogens is 1. The van der Waals surface area contributed by atoms with Gasteiger partial charge in [0.1, 0.15) is 0 Å². The minimum absolute atomic E-state index is 1.04. The lowest BCUT2D eigenvalue weighted by Gasteiger charge is -2.14. The van der Waals surface area contributed by atoms with Crippen LogP contribution in [0.5, 0.6) is 0 Å². The molecule has 0 saturated carbocycles. The molecule has 0 radical (unpaired) electrons. The predicted molar refractivity (Wildman–Crippen MR) is 86.3 cm³/mol. The zero-order valence-electron chi connectivity index (χ0n) is 11.4. The van der Waals surface area contributed by atoms with Crippen molar-refractivity contribution in [3.05, 3.63) is 59.8 Å². The van der Waals surface area contributed by atoms with Gasteiger partial charge < -0.3 is 0 Å². The van der Waals surface area contributed by atoms with Crippen molar-refractivity contribution in [1.29, 1.82) is 0 Å².